The number of hydrogen-bond donors (Lipinski definition) is 2. The molecule has 2 N–H and O–H groups in total. The highest BCUT2D eigenvalue weighted by molar-refractivity contribution is 6.31. The van der Waals surface area contributed by atoms with E-state index in [9.17, 15) is 9.59 Å². The summed E-state index contributed by atoms with van der Waals surface area (Å²) in [4.78, 5) is 30.0. The molecule has 0 unspecified atom stereocenters. The van der Waals surface area contributed by atoms with Crippen LogP contribution in [0.4, 0.5) is 10.5 Å². The average molecular weight is 503 g/mol. The van der Waals surface area contributed by atoms with Crippen LogP contribution in [0.2, 0.25) is 10.0 Å². The maximum absolute atomic E-state index is 13.0. The SMILES string of the molecule is CCOC(=O)C1=C(CN2CCN(c3cc(Cl)ccc3C)CC2)NC(=O)N[C@@H]1c1ccc(Cl)cc1. The van der Waals surface area contributed by atoms with E-state index in [0.717, 1.165) is 42.5 Å². The second-order valence-electron chi connectivity index (χ2n) is 8.39. The van der Waals surface area contributed by atoms with Gasteiger partial charge in [0.2, 0.25) is 0 Å². The van der Waals surface area contributed by atoms with E-state index < -0.39 is 12.0 Å². The smallest absolute Gasteiger partial charge is 0.338 e. The molecule has 0 spiro atoms. The number of hydrogen-bond acceptors (Lipinski definition) is 5. The summed E-state index contributed by atoms with van der Waals surface area (Å²) in [6, 6.07) is 12.1. The molecule has 2 aliphatic rings. The van der Waals surface area contributed by atoms with Crippen LogP contribution in [-0.4, -0.2) is 56.2 Å². The number of amides is 2. The predicted molar refractivity (Wildman–Crippen MR) is 134 cm³/mol. The van der Waals surface area contributed by atoms with E-state index in [1.807, 2.05) is 30.3 Å². The topological polar surface area (TPSA) is 73.9 Å². The third-order valence-corrected chi connectivity index (χ3v) is 6.61. The highest BCUT2D eigenvalue weighted by Crippen LogP contribution is 2.30. The Kier molecular flexibility index (Phi) is 7.66. The Bertz CT molecular complexity index is 1100. The van der Waals surface area contributed by atoms with Gasteiger partial charge in [-0.15, -0.1) is 0 Å². The van der Waals surface area contributed by atoms with Gasteiger partial charge in [0.15, 0.2) is 0 Å². The van der Waals surface area contributed by atoms with Gasteiger partial charge < -0.3 is 20.3 Å². The number of urea groups is 1. The number of ether oxygens (including phenoxy) is 1. The second kappa shape index (κ2) is 10.7. The van der Waals surface area contributed by atoms with Gasteiger partial charge in [0.05, 0.1) is 18.2 Å². The molecule has 1 saturated heterocycles. The summed E-state index contributed by atoms with van der Waals surface area (Å²) in [5, 5.41) is 7.01. The van der Waals surface area contributed by atoms with Crippen LogP contribution < -0.4 is 15.5 Å². The Morgan fingerprint density at radius 1 is 1.06 bits per heavy atom. The maximum atomic E-state index is 13.0. The number of halogens is 2. The molecule has 0 saturated carbocycles. The van der Waals surface area contributed by atoms with Gasteiger partial charge >= 0.3 is 12.0 Å². The number of nitrogens with zero attached hydrogens (tertiary/aromatic N) is 2. The standard InChI is InChI=1S/C25H28Cl2N4O3/c1-3-34-24(32)22-20(28-25(33)29-23(22)17-5-8-18(26)9-6-17)15-30-10-12-31(13-11-30)21-14-19(27)7-4-16(21)2/h4-9,14,23H,3,10-13,15H2,1-2H3,(H2,28,29,33)/t23-/m1/s1. The highest BCUT2D eigenvalue weighted by Gasteiger charge is 2.34. The number of carbonyl (C=O) groups excluding carboxylic acids is 2. The number of aryl methyl sites for hydroxylation is 1. The second-order valence-corrected chi connectivity index (χ2v) is 9.26. The number of piperazine rings is 1. The quantitative estimate of drug-likeness (QED) is 0.576. The lowest BCUT2D eigenvalue weighted by Crippen LogP contribution is -2.52. The zero-order chi connectivity index (χ0) is 24.2. The molecule has 2 heterocycles. The van der Waals surface area contributed by atoms with Crippen molar-refractivity contribution in [2.75, 3.05) is 44.2 Å². The van der Waals surface area contributed by atoms with E-state index in [4.69, 9.17) is 27.9 Å². The van der Waals surface area contributed by atoms with Crippen molar-refractivity contribution in [3.05, 3.63) is 74.9 Å². The molecule has 0 radical (unpaired) electrons. The van der Waals surface area contributed by atoms with Crippen LogP contribution in [0.3, 0.4) is 0 Å². The molecule has 34 heavy (non-hydrogen) atoms. The molecule has 9 heteroatoms. The van der Waals surface area contributed by atoms with Gasteiger partial charge in [-0.1, -0.05) is 41.4 Å². The third kappa shape index (κ3) is 5.49. The minimum Gasteiger partial charge on any atom is -0.463 e. The van der Waals surface area contributed by atoms with Gasteiger partial charge in [-0.05, 0) is 49.2 Å². The molecule has 0 aromatic heterocycles. The van der Waals surface area contributed by atoms with Crippen LogP contribution in [0.1, 0.15) is 24.1 Å². The van der Waals surface area contributed by atoms with Gasteiger partial charge in [0, 0.05) is 54.2 Å². The fourth-order valence-corrected chi connectivity index (χ4v) is 4.68. The van der Waals surface area contributed by atoms with Crippen molar-refractivity contribution in [3.8, 4) is 0 Å². The van der Waals surface area contributed by atoms with Crippen molar-refractivity contribution in [2.24, 2.45) is 0 Å². The van der Waals surface area contributed by atoms with Crippen molar-refractivity contribution in [2.45, 2.75) is 19.9 Å². The van der Waals surface area contributed by atoms with Crippen LogP contribution >= 0.6 is 23.2 Å². The molecule has 2 aromatic rings. The Labute approximate surface area is 209 Å². The van der Waals surface area contributed by atoms with E-state index in [2.05, 4.69) is 27.4 Å². The summed E-state index contributed by atoms with van der Waals surface area (Å²) in [5.74, 6) is -0.446. The van der Waals surface area contributed by atoms with Crippen LogP contribution in [0.15, 0.2) is 53.7 Å². The van der Waals surface area contributed by atoms with Crippen molar-refractivity contribution >= 4 is 40.9 Å². The summed E-state index contributed by atoms with van der Waals surface area (Å²) in [5.41, 5.74) is 4.06. The first-order valence-corrected chi connectivity index (χ1v) is 12.1. The lowest BCUT2D eigenvalue weighted by Gasteiger charge is -2.38. The van der Waals surface area contributed by atoms with Gasteiger partial charge in [0.1, 0.15) is 0 Å². The summed E-state index contributed by atoms with van der Waals surface area (Å²) < 4.78 is 5.36. The number of anilines is 1. The average Bonchev–Trinajstić information content (AvgIpc) is 2.81. The van der Waals surface area contributed by atoms with E-state index in [1.165, 1.54) is 5.56 Å². The normalized spacial score (nSPS) is 19.0. The molecular weight excluding hydrogens is 475 g/mol. The molecule has 0 bridgehead atoms. The van der Waals surface area contributed by atoms with Gasteiger partial charge in [-0.2, -0.15) is 0 Å². The predicted octanol–water partition coefficient (Wildman–Crippen LogP) is 4.30. The molecule has 2 amide bonds. The van der Waals surface area contributed by atoms with Crippen LogP contribution in [0.25, 0.3) is 0 Å². The number of nitrogens with one attached hydrogen (secondary N) is 2. The van der Waals surface area contributed by atoms with Crippen molar-refractivity contribution in [1.29, 1.82) is 0 Å². The molecular formula is C25H28Cl2N4O3. The largest absolute Gasteiger partial charge is 0.463 e. The molecule has 4 rings (SSSR count). The fraction of sp³-hybridized carbons (Fsp3) is 0.360. The van der Waals surface area contributed by atoms with Gasteiger partial charge in [0.25, 0.3) is 0 Å². The minimum absolute atomic E-state index is 0.245. The van der Waals surface area contributed by atoms with Crippen LogP contribution in [-0.2, 0) is 9.53 Å². The Morgan fingerprint density at radius 3 is 2.41 bits per heavy atom. The van der Waals surface area contributed by atoms with Crippen molar-refractivity contribution < 1.29 is 14.3 Å². The van der Waals surface area contributed by atoms with Gasteiger partial charge in [-0.3, -0.25) is 4.90 Å². The highest BCUT2D eigenvalue weighted by atomic mass is 35.5. The molecule has 0 aliphatic carbocycles. The summed E-state index contributed by atoms with van der Waals surface area (Å²) in [6.07, 6.45) is 0. The van der Waals surface area contributed by atoms with Crippen LogP contribution in [0.5, 0.6) is 0 Å². The number of esters is 1. The Hall–Kier alpha value is -2.74. The van der Waals surface area contributed by atoms with Gasteiger partial charge in [-0.25, -0.2) is 9.59 Å². The van der Waals surface area contributed by atoms with E-state index >= 15 is 0 Å². The van der Waals surface area contributed by atoms with E-state index in [-0.39, 0.29) is 12.6 Å². The molecule has 1 fully saturated rings. The zero-order valence-electron chi connectivity index (χ0n) is 19.2. The lowest BCUT2D eigenvalue weighted by atomic mass is 9.95. The zero-order valence-corrected chi connectivity index (χ0v) is 20.7. The van der Waals surface area contributed by atoms with E-state index in [1.54, 1.807) is 19.1 Å². The molecule has 2 aromatic carbocycles. The number of rotatable bonds is 6. The first kappa shape index (κ1) is 24.4. The van der Waals surface area contributed by atoms with Crippen LogP contribution in [0, 0.1) is 6.92 Å². The summed E-state index contributed by atoms with van der Waals surface area (Å²) in [7, 11) is 0. The number of benzene rings is 2. The summed E-state index contributed by atoms with van der Waals surface area (Å²) >= 11 is 12.2. The first-order valence-electron chi connectivity index (χ1n) is 11.3. The Balaban J connectivity index is 1.56. The first-order chi connectivity index (χ1) is 16.4. The van der Waals surface area contributed by atoms with Crippen molar-refractivity contribution in [3.63, 3.8) is 0 Å². The summed E-state index contributed by atoms with van der Waals surface area (Å²) in [6.45, 7) is 7.72. The monoisotopic (exact) mass is 502 g/mol. The number of carbonyl (C=O) groups is 2. The molecule has 180 valence electrons. The Morgan fingerprint density at radius 2 is 1.74 bits per heavy atom. The van der Waals surface area contributed by atoms with E-state index in [0.29, 0.717) is 22.8 Å². The molecule has 1 atom stereocenters. The minimum atomic E-state index is -0.615. The lowest BCUT2D eigenvalue weighted by molar-refractivity contribution is -0.139. The maximum Gasteiger partial charge on any atom is 0.338 e. The fourth-order valence-electron chi connectivity index (χ4n) is 4.39. The molecule has 2 aliphatic heterocycles. The van der Waals surface area contributed by atoms with Crippen molar-refractivity contribution in [1.82, 2.24) is 15.5 Å². The molecule has 7 nitrogen and oxygen atoms in total. The third-order valence-electron chi connectivity index (χ3n) is 6.12.